The second-order valence-electron chi connectivity index (χ2n) is 10.9. The summed E-state index contributed by atoms with van der Waals surface area (Å²) >= 11 is 11.3. The fourth-order valence-corrected chi connectivity index (χ4v) is 7.27. The second-order valence-corrected chi connectivity index (χ2v) is 13.2. The van der Waals surface area contributed by atoms with Gasteiger partial charge in [-0.1, -0.05) is 41.1 Å². The Kier molecular flexibility index (Phi) is 12.0. The Balaban J connectivity index is 1.54. The molecule has 1 aliphatic rings. The van der Waals surface area contributed by atoms with Crippen LogP contribution in [0.15, 0.2) is 80.1 Å². The number of carboxylic acids is 1. The van der Waals surface area contributed by atoms with Crippen molar-refractivity contribution in [2.24, 2.45) is 4.99 Å². The van der Waals surface area contributed by atoms with E-state index in [1.54, 1.807) is 69.3 Å². The zero-order chi connectivity index (χ0) is 36.8. The van der Waals surface area contributed by atoms with Gasteiger partial charge in [0.05, 0.1) is 57.2 Å². The number of thiazole rings is 1. The van der Waals surface area contributed by atoms with Crippen molar-refractivity contribution in [2.75, 3.05) is 26.9 Å². The van der Waals surface area contributed by atoms with E-state index in [4.69, 9.17) is 35.7 Å². The summed E-state index contributed by atoms with van der Waals surface area (Å²) in [6.07, 6.45) is 1.67. The molecule has 2 heterocycles. The number of carbonyl (C=O) groups excluding carboxylic acids is 2. The van der Waals surface area contributed by atoms with Crippen LogP contribution in [0.25, 0.3) is 6.08 Å². The number of nitrogens with zero attached hydrogens (tertiary/aromatic N) is 2. The lowest BCUT2D eigenvalue weighted by Crippen LogP contribution is -2.40. The average molecular weight is 800 g/mol. The molecular formula is C36H32BrClN2O10S. The van der Waals surface area contributed by atoms with E-state index in [0.29, 0.717) is 42.1 Å². The summed E-state index contributed by atoms with van der Waals surface area (Å²) in [5.41, 5.74) is 2.21. The van der Waals surface area contributed by atoms with Crippen LogP contribution < -0.4 is 29.1 Å². The van der Waals surface area contributed by atoms with Crippen LogP contribution in [0.4, 0.5) is 0 Å². The van der Waals surface area contributed by atoms with Crippen LogP contribution in [-0.2, 0) is 25.7 Å². The van der Waals surface area contributed by atoms with Gasteiger partial charge in [-0.3, -0.25) is 9.36 Å². The Labute approximate surface area is 309 Å². The number of ether oxygens (including phenoxy) is 5. The first kappa shape index (κ1) is 37.3. The minimum atomic E-state index is -1.02. The van der Waals surface area contributed by atoms with Gasteiger partial charge in [0.2, 0.25) is 0 Å². The molecule has 0 fully saturated rings. The molecule has 3 aromatic carbocycles. The van der Waals surface area contributed by atoms with Gasteiger partial charge >= 0.3 is 17.9 Å². The van der Waals surface area contributed by atoms with Gasteiger partial charge in [-0.25, -0.2) is 19.4 Å². The second kappa shape index (κ2) is 16.4. The Morgan fingerprint density at radius 1 is 1.02 bits per heavy atom. The van der Waals surface area contributed by atoms with E-state index in [2.05, 4.69) is 25.7 Å². The zero-order valence-corrected chi connectivity index (χ0v) is 31.0. The molecule has 0 saturated carbocycles. The minimum Gasteiger partial charge on any atom is -0.490 e. The fourth-order valence-electron chi connectivity index (χ4n) is 5.24. The van der Waals surface area contributed by atoms with E-state index in [9.17, 15) is 19.2 Å². The SMILES string of the molecule is CCOC(=O)C1=C(C)N=c2s/c(=C\c3cc(Cl)c(OCc4ccc(C(=O)O)cc4)c(Br)c3)c(=O)n2[C@H]1c1ccc(OCC(=O)OC)c(OCC)c1. The molecule has 5 rings (SSSR count). The number of aromatic nitrogens is 1. The zero-order valence-electron chi connectivity index (χ0n) is 27.9. The molecule has 51 heavy (non-hydrogen) atoms. The van der Waals surface area contributed by atoms with Crippen LogP contribution in [0, 0.1) is 0 Å². The number of benzene rings is 3. The Hall–Kier alpha value is -4.92. The highest BCUT2D eigenvalue weighted by molar-refractivity contribution is 9.10. The maximum absolute atomic E-state index is 14.2. The summed E-state index contributed by atoms with van der Waals surface area (Å²) in [6, 6.07) is 13.7. The third kappa shape index (κ3) is 8.35. The normalized spacial score (nSPS) is 14.0. The maximum atomic E-state index is 14.2. The molecule has 12 nitrogen and oxygen atoms in total. The van der Waals surface area contributed by atoms with Crippen molar-refractivity contribution in [3.63, 3.8) is 0 Å². The summed E-state index contributed by atoms with van der Waals surface area (Å²) in [5, 5.41) is 9.41. The van der Waals surface area contributed by atoms with Gasteiger partial charge in [0.25, 0.3) is 5.56 Å². The summed E-state index contributed by atoms with van der Waals surface area (Å²) in [6.45, 7) is 5.36. The number of carbonyl (C=O) groups is 3. The predicted molar refractivity (Wildman–Crippen MR) is 192 cm³/mol. The average Bonchev–Trinajstić information content (AvgIpc) is 3.40. The highest BCUT2D eigenvalue weighted by Crippen LogP contribution is 2.37. The molecule has 15 heteroatoms. The van der Waals surface area contributed by atoms with Gasteiger partial charge in [-0.2, -0.15) is 0 Å². The van der Waals surface area contributed by atoms with Crippen LogP contribution >= 0.6 is 38.9 Å². The number of allylic oxidation sites excluding steroid dienone is 1. The molecule has 0 spiro atoms. The third-order valence-electron chi connectivity index (χ3n) is 7.58. The maximum Gasteiger partial charge on any atom is 0.343 e. The first-order valence-corrected chi connectivity index (χ1v) is 17.5. The number of halogens is 2. The van der Waals surface area contributed by atoms with Gasteiger partial charge in [0.15, 0.2) is 28.7 Å². The highest BCUT2D eigenvalue weighted by Gasteiger charge is 2.34. The summed E-state index contributed by atoms with van der Waals surface area (Å²) in [7, 11) is 1.26. The van der Waals surface area contributed by atoms with Crippen molar-refractivity contribution >= 4 is 62.9 Å². The van der Waals surface area contributed by atoms with E-state index >= 15 is 0 Å². The molecule has 1 aromatic heterocycles. The summed E-state index contributed by atoms with van der Waals surface area (Å²) < 4.78 is 29.8. The number of fused-ring (bicyclic) bond motifs is 1. The number of hydrogen-bond donors (Lipinski definition) is 1. The van der Waals surface area contributed by atoms with Crippen molar-refractivity contribution < 1.29 is 43.2 Å². The fraction of sp³-hybridized carbons (Fsp3) is 0.250. The largest absolute Gasteiger partial charge is 0.490 e. The van der Waals surface area contributed by atoms with Crippen molar-refractivity contribution in [1.82, 2.24) is 4.57 Å². The molecule has 0 bridgehead atoms. The monoisotopic (exact) mass is 798 g/mol. The van der Waals surface area contributed by atoms with E-state index in [0.717, 1.165) is 16.9 Å². The predicted octanol–water partition coefficient (Wildman–Crippen LogP) is 5.44. The van der Waals surface area contributed by atoms with Gasteiger partial charge < -0.3 is 28.8 Å². The molecule has 1 aliphatic heterocycles. The van der Waals surface area contributed by atoms with Crippen molar-refractivity contribution in [1.29, 1.82) is 0 Å². The molecule has 0 saturated heterocycles. The van der Waals surface area contributed by atoms with Gasteiger partial charge in [0.1, 0.15) is 6.61 Å². The first-order valence-electron chi connectivity index (χ1n) is 15.6. The quantitative estimate of drug-likeness (QED) is 0.173. The smallest absolute Gasteiger partial charge is 0.343 e. The number of rotatable bonds is 13. The lowest BCUT2D eigenvalue weighted by molar-refractivity contribution is -0.143. The molecule has 0 radical (unpaired) electrons. The van der Waals surface area contributed by atoms with Gasteiger partial charge in [-0.15, -0.1) is 0 Å². The first-order chi connectivity index (χ1) is 24.4. The lowest BCUT2D eigenvalue weighted by atomic mass is 9.95. The van der Waals surface area contributed by atoms with E-state index in [-0.39, 0.29) is 48.3 Å². The molecular weight excluding hydrogens is 768 g/mol. The number of carboxylic acid groups (broad SMARTS) is 1. The van der Waals surface area contributed by atoms with E-state index in [1.807, 2.05) is 0 Å². The minimum absolute atomic E-state index is 0.115. The summed E-state index contributed by atoms with van der Waals surface area (Å²) in [4.78, 5) is 55.4. The van der Waals surface area contributed by atoms with Gasteiger partial charge in [0, 0.05) is 0 Å². The molecule has 0 amide bonds. The van der Waals surface area contributed by atoms with Gasteiger partial charge in [-0.05, 0) is 95.9 Å². The van der Waals surface area contributed by atoms with E-state index in [1.165, 1.54) is 23.8 Å². The van der Waals surface area contributed by atoms with Crippen molar-refractivity contribution in [3.8, 4) is 17.2 Å². The third-order valence-corrected chi connectivity index (χ3v) is 9.43. The number of methoxy groups -OCH3 is 1. The molecule has 4 aromatic rings. The van der Waals surface area contributed by atoms with Crippen LogP contribution in [0.5, 0.6) is 17.2 Å². The Bertz CT molecular complexity index is 2190. The number of aromatic carboxylic acids is 1. The molecule has 0 aliphatic carbocycles. The number of hydrogen-bond acceptors (Lipinski definition) is 11. The standard InChI is InChI=1S/C36H32BrClN2O10S/c1-5-47-27-16-23(11-12-26(27)49-18-29(41)46-4)31-30(35(45)48-6-2)19(3)39-36-40(31)33(42)28(51-36)15-21-13-24(37)32(25(38)14-21)50-17-20-7-9-22(10-8-20)34(43)44/h7-16,31H,5-6,17-18H2,1-4H3,(H,43,44)/b28-15-/t31-/m0/s1. The number of esters is 2. The molecule has 1 atom stereocenters. The van der Waals surface area contributed by atoms with Crippen LogP contribution in [-0.4, -0.2) is 54.5 Å². The lowest BCUT2D eigenvalue weighted by Gasteiger charge is -2.25. The van der Waals surface area contributed by atoms with Crippen LogP contribution in [0.3, 0.4) is 0 Å². The van der Waals surface area contributed by atoms with Crippen LogP contribution in [0.2, 0.25) is 5.02 Å². The van der Waals surface area contributed by atoms with Crippen LogP contribution in [0.1, 0.15) is 53.9 Å². The Morgan fingerprint density at radius 3 is 2.41 bits per heavy atom. The van der Waals surface area contributed by atoms with Crippen molar-refractivity contribution in [3.05, 3.63) is 117 Å². The van der Waals surface area contributed by atoms with E-state index < -0.39 is 29.5 Å². The summed E-state index contributed by atoms with van der Waals surface area (Å²) in [5.74, 6) is -1.25. The Morgan fingerprint density at radius 2 is 1.76 bits per heavy atom. The highest BCUT2D eigenvalue weighted by atomic mass is 79.9. The molecule has 0 unspecified atom stereocenters. The molecule has 1 N–H and O–H groups in total. The molecule has 266 valence electrons. The topological polar surface area (TPSA) is 152 Å². The van der Waals surface area contributed by atoms with Crippen molar-refractivity contribution in [2.45, 2.75) is 33.4 Å².